The molecule has 2 atom stereocenters. The Morgan fingerprint density at radius 3 is 1.05 bits per heavy atom. The number of benzene rings is 6. The molecule has 0 aliphatic heterocycles. The quantitative estimate of drug-likeness (QED) is 0.0747. The number of methoxy groups -OCH3 is 4. The highest BCUT2D eigenvalue weighted by Gasteiger charge is 2.24. The Hall–Kier alpha value is -7.68. The third-order valence-corrected chi connectivity index (χ3v) is 10.5. The summed E-state index contributed by atoms with van der Waals surface area (Å²) in [6.45, 7) is 3.15. The van der Waals surface area contributed by atoms with Gasteiger partial charge in [0.1, 0.15) is 45.6 Å². The predicted molar refractivity (Wildman–Crippen MR) is 241 cm³/mol. The Morgan fingerprint density at radius 1 is 0.453 bits per heavy atom. The van der Waals surface area contributed by atoms with E-state index in [0.717, 1.165) is 11.1 Å². The van der Waals surface area contributed by atoms with E-state index in [1.807, 2.05) is 48.5 Å². The predicted octanol–water partition coefficient (Wildman–Crippen LogP) is 8.49. The van der Waals surface area contributed by atoms with E-state index in [1.165, 1.54) is 86.8 Å². The van der Waals surface area contributed by atoms with Crippen molar-refractivity contribution in [3.63, 3.8) is 0 Å². The van der Waals surface area contributed by atoms with Crippen molar-refractivity contribution >= 4 is 35.1 Å². The molecule has 0 heterocycles. The minimum atomic E-state index is -0.850. The Morgan fingerprint density at radius 2 is 0.766 bits per heavy atom. The summed E-state index contributed by atoms with van der Waals surface area (Å²) in [5, 5.41) is 20.2. The van der Waals surface area contributed by atoms with Crippen LogP contribution >= 0.6 is 0 Å². The largest absolute Gasteiger partial charge is 0.496 e. The van der Waals surface area contributed by atoms with E-state index >= 15 is 0 Å². The van der Waals surface area contributed by atoms with Crippen LogP contribution in [0.5, 0.6) is 34.5 Å². The lowest BCUT2D eigenvalue weighted by atomic mass is 10.0. The molecule has 2 amide bonds. The minimum Gasteiger partial charge on any atom is -0.496 e. The monoisotopic (exact) mass is 868 g/mol. The van der Waals surface area contributed by atoms with Gasteiger partial charge >= 0.3 is 11.9 Å². The fourth-order valence-corrected chi connectivity index (χ4v) is 6.85. The summed E-state index contributed by atoms with van der Waals surface area (Å²) in [5.74, 6) is -0.488. The average molecular weight is 869 g/mol. The van der Waals surface area contributed by atoms with Crippen LogP contribution in [-0.2, 0) is 0 Å². The van der Waals surface area contributed by atoms with Gasteiger partial charge < -0.3 is 48.4 Å². The number of anilines is 2. The van der Waals surface area contributed by atoms with Gasteiger partial charge in [0.25, 0.3) is 11.8 Å². The fraction of sp³-hybridized carbons (Fsp3) is 0.200. The molecule has 6 rings (SSSR count). The Balaban J connectivity index is 1.05. The van der Waals surface area contributed by atoms with Crippen LogP contribution in [0.4, 0.5) is 11.4 Å². The van der Waals surface area contributed by atoms with Crippen molar-refractivity contribution in [3.05, 3.63) is 155 Å². The molecule has 64 heavy (non-hydrogen) atoms. The molecule has 6 aromatic carbocycles. The number of hydrogen-bond donors (Lipinski definition) is 2. The second-order valence-corrected chi connectivity index (χ2v) is 14.6. The Kier molecular flexibility index (Phi) is 14.3. The number of ether oxygens (including phenoxy) is 6. The zero-order valence-corrected chi connectivity index (χ0v) is 36.6. The molecule has 0 saturated carbocycles. The summed E-state index contributed by atoms with van der Waals surface area (Å²) >= 11 is 0. The maximum absolute atomic E-state index is 13.4. The third kappa shape index (κ3) is 9.99. The van der Waals surface area contributed by atoms with Crippen molar-refractivity contribution in [1.29, 1.82) is 0 Å². The van der Waals surface area contributed by atoms with E-state index in [4.69, 9.17) is 28.4 Å². The molecular weight excluding hydrogens is 821 g/mol. The van der Waals surface area contributed by atoms with Gasteiger partial charge in [0.2, 0.25) is 0 Å². The summed E-state index contributed by atoms with van der Waals surface area (Å²) in [4.78, 5) is 56.1. The van der Waals surface area contributed by atoms with Crippen molar-refractivity contribution in [2.24, 2.45) is 0 Å². The van der Waals surface area contributed by atoms with Crippen LogP contribution in [0.2, 0.25) is 0 Å². The summed E-state index contributed by atoms with van der Waals surface area (Å²) in [6, 6.07) is 33.2. The molecule has 0 aromatic heterocycles. The molecule has 0 fully saturated rings. The Labute approximate surface area is 370 Å². The minimum absolute atomic E-state index is 0.107. The number of nitrogens with zero attached hydrogens (tertiary/aromatic N) is 2. The molecule has 0 radical (unpaired) electrons. The zero-order valence-electron chi connectivity index (χ0n) is 36.6. The summed E-state index contributed by atoms with van der Waals surface area (Å²) < 4.78 is 32.6. The lowest BCUT2D eigenvalue weighted by molar-refractivity contribution is 0.0720. The van der Waals surface area contributed by atoms with Crippen LogP contribution in [0.25, 0.3) is 11.1 Å². The van der Waals surface area contributed by atoms with E-state index in [-0.39, 0.29) is 45.9 Å². The van der Waals surface area contributed by atoms with E-state index in [9.17, 15) is 29.4 Å². The van der Waals surface area contributed by atoms with Gasteiger partial charge in [0, 0.05) is 47.7 Å². The summed E-state index contributed by atoms with van der Waals surface area (Å²) in [5.41, 5.74) is 4.97. The van der Waals surface area contributed by atoms with E-state index < -0.39 is 24.1 Å². The molecule has 330 valence electrons. The molecule has 6 aromatic rings. The summed E-state index contributed by atoms with van der Waals surface area (Å²) in [7, 11) is 9.01. The lowest BCUT2D eigenvalue weighted by Gasteiger charge is -2.19. The molecule has 14 heteroatoms. The maximum atomic E-state index is 13.4. The van der Waals surface area contributed by atoms with E-state index in [1.54, 1.807) is 52.2 Å². The van der Waals surface area contributed by atoms with Crippen LogP contribution in [0.15, 0.2) is 121 Å². The van der Waals surface area contributed by atoms with Crippen molar-refractivity contribution in [2.75, 3.05) is 52.3 Å². The average Bonchev–Trinajstić information content (AvgIpc) is 3.32. The highest BCUT2D eigenvalue weighted by atomic mass is 16.5. The van der Waals surface area contributed by atoms with E-state index in [2.05, 4.69) is 0 Å². The van der Waals surface area contributed by atoms with Gasteiger partial charge in [0.15, 0.2) is 0 Å². The molecule has 0 aliphatic rings. The van der Waals surface area contributed by atoms with Gasteiger partial charge in [-0.3, -0.25) is 9.59 Å². The zero-order chi connectivity index (χ0) is 46.2. The fourth-order valence-electron chi connectivity index (χ4n) is 6.85. The highest BCUT2D eigenvalue weighted by Crippen LogP contribution is 2.35. The second kappa shape index (κ2) is 20.0. The number of rotatable bonds is 15. The number of carbonyl (C=O) groups excluding carboxylic acids is 4. The molecule has 2 N–H and O–H groups in total. The third-order valence-electron chi connectivity index (χ3n) is 10.5. The van der Waals surface area contributed by atoms with Gasteiger partial charge in [-0.1, -0.05) is 24.3 Å². The molecule has 0 spiro atoms. The van der Waals surface area contributed by atoms with Crippen molar-refractivity contribution in [1.82, 2.24) is 0 Å². The van der Waals surface area contributed by atoms with Gasteiger partial charge in [-0.2, -0.15) is 0 Å². The normalized spacial score (nSPS) is 11.7. The first-order valence-corrected chi connectivity index (χ1v) is 20.0. The smallest absolute Gasteiger partial charge is 0.347 e. The standard InChI is InChI=1S/C50H48N2O12/c1-29(53)39-25-45(61-7)41(27-43(39)59-5)49(57)63-37-21-13-33(14-22-37)47(55)51(3)35-17-9-31(10-18-35)32-11-19-36(20-12-32)52(4)48(56)34-15-23-38(24-16-34)64-50(58)42-28-44(60-6)40(30(2)54)26-46(42)62-8/h9-30,53-54H,1-8H3. The van der Waals surface area contributed by atoms with Gasteiger partial charge in [-0.25, -0.2) is 9.59 Å². The van der Waals surface area contributed by atoms with Gasteiger partial charge in [-0.05, 0) is 122 Å². The van der Waals surface area contributed by atoms with Crippen LogP contribution < -0.4 is 38.2 Å². The first kappa shape index (κ1) is 45.8. The highest BCUT2D eigenvalue weighted by molar-refractivity contribution is 6.07. The number of esters is 2. The van der Waals surface area contributed by atoms with Gasteiger partial charge in [0.05, 0.1) is 40.6 Å². The van der Waals surface area contributed by atoms with Crippen molar-refractivity contribution in [3.8, 4) is 45.6 Å². The van der Waals surface area contributed by atoms with Crippen molar-refractivity contribution < 1.29 is 57.8 Å². The number of hydrogen-bond acceptors (Lipinski definition) is 12. The van der Waals surface area contributed by atoms with Crippen molar-refractivity contribution in [2.45, 2.75) is 26.1 Å². The Bertz CT molecular complexity index is 2460. The van der Waals surface area contributed by atoms with E-state index in [0.29, 0.717) is 45.1 Å². The number of aliphatic hydroxyl groups is 2. The molecule has 0 bridgehead atoms. The van der Waals surface area contributed by atoms with Crippen LogP contribution in [0.1, 0.15) is 78.6 Å². The van der Waals surface area contributed by atoms with Crippen LogP contribution in [0, 0.1) is 0 Å². The van der Waals surface area contributed by atoms with Gasteiger partial charge in [-0.15, -0.1) is 0 Å². The molecule has 0 aliphatic carbocycles. The molecule has 14 nitrogen and oxygen atoms in total. The SMILES string of the molecule is COc1cc(C(C)O)c(OC)cc1C(=O)Oc1ccc(C(=O)N(C)c2ccc(-c3ccc(N(C)C(=O)c4ccc(OC(=O)c5cc(OC)c(C(C)O)cc5OC)cc4)cc3)cc2)cc1. The number of amides is 2. The maximum Gasteiger partial charge on any atom is 0.347 e. The topological polar surface area (TPSA) is 171 Å². The molecule has 0 saturated heterocycles. The molecular formula is C50H48N2O12. The second-order valence-electron chi connectivity index (χ2n) is 14.6. The number of aliphatic hydroxyl groups excluding tert-OH is 2. The van der Waals surface area contributed by atoms with Crippen LogP contribution in [0.3, 0.4) is 0 Å². The first-order chi connectivity index (χ1) is 30.7. The first-order valence-electron chi connectivity index (χ1n) is 20.0. The van der Waals surface area contributed by atoms with Crippen LogP contribution in [-0.4, -0.2) is 76.5 Å². The molecule has 2 unspecified atom stereocenters. The summed E-state index contributed by atoms with van der Waals surface area (Å²) in [6.07, 6.45) is -1.70. The lowest BCUT2D eigenvalue weighted by Crippen LogP contribution is -2.26. The number of carbonyl (C=O) groups is 4.